The minimum absolute atomic E-state index is 0.0828. The van der Waals surface area contributed by atoms with E-state index >= 15 is 0 Å². The average molecular weight is 326 g/mol. The molecule has 1 amide bonds. The number of para-hydroxylation sites is 1. The molecule has 0 aliphatic carbocycles. The van der Waals surface area contributed by atoms with Crippen LogP contribution in [0.25, 0.3) is 6.08 Å². The van der Waals surface area contributed by atoms with E-state index in [4.69, 9.17) is 4.74 Å². The van der Waals surface area contributed by atoms with Crippen molar-refractivity contribution >= 4 is 23.3 Å². The van der Waals surface area contributed by atoms with Gasteiger partial charge in [0.2, 0.25) is 0 Å². The summed E-state index contributed by atoms with van der Waals surface area (Å²) in [7, 11) is 0. The fourth-order valence-electron chi connectivity index (χ4n) is 3.25. The highest BCUT2D eigenvalue weighted by molar-refractivity contribution is 7.09. The van der Waals surface area contributed by atoms with Crippen molar-refractivity contribution in [3.8, 4) is 5.75 Å². The Morgan fingerprint density at radius 2 is 2.22 bits per heavy atom. The van der Waals surface area contributed by atoms with Crippen molar-refractivity contribution in [3.05, 3.63) is 52.0 Å². The number of likely N-dealkylation sites (tertiary alicyclic amines) is 1. The predicted molar refractivity (Wildman–Crippen MR) is 90.3 cm³/mol. The van der Waals surface area contributed by atoms with E-state index in [0.29, 0.717) is 6.61 Å². The van der Waals surface area contributed by atoms with Gasteiger partial charge in [0.05, 0.1) is 11.6 Å². The molecular weight excluding hydrogens is 308 g/mol. The number of nitrogens with zero attached hydrogens (tertiary/aromatic N) is 2. The Bertz CT molecular complexity index is 739. The van der Waals surface area contributed by atoms with Gasteiger partial charge in [-0.3, -0.25) is 4.79 Å². The predicted octanol–water partition coefficient (Wildman–Crippen LogP) is 3.67. The van der Waals surface area contributed by atoms with Crippen LogP contribution in [0.2, 0.25) is 0 Å². The molecule has 1 fully saturated rings. The molecule has 2 aliphatic heterocycles. The summed E-state index contributed by atoms with van der Waals surface area (Å²) in [5.74, 6) is 0.929. The maximum Gasteiger partial charge on any atom is 0.253 e. The van der Waals surface area contributed by atoms with Crippen LogP contribution < -0.4 is 4.74 Å². The number of thiazole rings is 1. The van der Waals surface area contributed by atoms with Crippen LogP contribution >= 0.6 is 11.3 Å². The highest BCUT2D eigenvalue weighted by Crippen LogP contribution is 2.34. The van der Waals surface area contributed by atoms with E-state index in [1.54, 1.807) is 11.3 Å². The van der Waals surface area contributed by atoms with Crippen molar-refractivity contribution in [3.63, 3.8) is 0 Å². The summed E-state index contributed by atoms with van der Waals surface area (Å²) >= 11 is 1.63. The zero-order valence-electron chi connectivity index (χ0n) is 12.8. The molecular formula is C18H18N2O2S. The van der Waals surface area contributed by atoms with E-state index in [1.165, 1.54) is 0 Å². The summed E-state index contributed by atoms with van der Waals surface area (Å²) in [6, 6.07) is 7.94. The number of fused-ring (bicyclic) bond motifs is 1. The van der Waals surface area contributed by atoms with Gasteiger partial charge in [-0.25, -0.2) is 4.98 Å². The largest absolute Gasteiger partial charge is 0.488 e. The summed E-state index contributed by atoms with van der Waals surface area (Å²) < 4.78 is 5.75. The number of carbonyl (C=O) groups is 1. The SMILES string of the molecule is O=C(C1=Cc2ccccc2OC1)N1CCCC[C@@H]1c1nccs1. The van der Waals surface area contributed by atoms with Crippen LogP contribution in [0.4, 0.5) is 0 Å². The molecule has 0 spiro atoms. The molecule has 2 aliphatic rings. The molecule has 0 saturated carbocycles. The molecule has 1 aromatic heterocycles. The van der Waals surface area contributed by atoms with Crippen LogP contribution in [0, 0.1) is 0 Å². The van der Waals surface area contributed by atoms with Crippen molar-refractivity contribution in [1.82, 2.24) is 9.88 Å². The van der Waals surface area contributed by atoms with Crippen LogP contribution in [0.1, 0.15) is 35.9 Å². The minimum Gasteiger partial charge on any atom is -0.488 e. The molecule has 2 aromatic rings. The summed E-state index contributed by atoms with van der Waals surface area (Å²) in [5.41, 5.74) is 1.71. The molecule has 3 heterocycles. The minimum atomic E-state index is 0.0828. The lowest BCUT2D eigenvalue weighted by atomic mass is 10.00. The smallest absolute Gasteiger partial charge is 0.253 e. The zero-order chi connectivity index (χ0) is 15.6. The fourth-order valence-corrected chi connectivity index (χ4v) is 4.04. The highest BCUT2D eigenvalue weighted by atomic mass is 32.1. The maximum absolute atomic E-state index is 13.0. The van der Waals surface area contributed by atoms with Gasteiger partial charge >= 0.3 is 0 Å². The van der Waals surface area contributed by atoms with Gasteiger partial charge in [-0.05, 0) is 31.4 Å². The van der Waals surface area contributed by atoms with E-state index < -0.39 is 0 Å². The van der Waals surface area contributed by atoms with Gasteiger partial charge in [0.1, 0.15) is 17.4 Å². The van der Waals surface area contributed by atoms with Gasteiger partial charge in [-0.2, -0.15) is 0 Å². The third kappa shape index (κ3) is 2.77. The lowest BCUT2D eigenvalue weighted by Crippen LogP contribution is -2.40. The second-order valence-electron chi connectivity index (χ2n) is 5.88. The number of carbonyl (C=O) groups excluding carboxylic acids is 1. The third-order valence-electron chi connectivity index (χ3n) is 4.41. The molecule has 1 atom stereocenters. The molecule has 0 N–H and O–H groups in total. The first-order valence-corrected chi connectivity index (χ1v) is 8.83. The fraction of sp³-hybridized carbons (Fsp3) is 0.333. The van der Waals surface area contributed by atoms with Crippen molar-refractivity contribution in [2.75, 3.05) is 13.2 Å². The Morgan fingerprint density at radius 1 is 1.30 bits per heavy atom. The topological polar surface area (TPSA) is 42.4 Å². The van der Waals surface area contributed by atoms with E-state index in [2.05, 4.69) is 4.98 Å². The number of rotatable bonds is 2. The molecule has 23 heavy (non-hydrogen) atoms. The number of piperidine rings is 1. The molecule has 4 rings (SSSR count). The summed E-state index contributed by atoms with van der Waals surface area (Å²) in [6.45, 7) is 1.14. The first-order chi connectivity index (χ1) is 11.3. The molecule has 4 nitrogen and oxygen atoms in total. The van der Waals surface area contributed by atoms with Gasteiger partial charge in [-0.1, -0.05) is 18.2 Å². The standard InChI is InChI=1S/C18H18N2O2S/c21-18(14-11-13-5-1-2-7-16(13)22-12-14)20-9-4-3-6-15(20)17-19-8-10-23-17/h1-2,5,7-8,10-11,15H,3-4,6,9,12H2/t15-/m1/s1. The second-order valence-corrected chi connectivity index (χ2v) is 6.80. The number of hydrogen-bond acceptors (Lipinski definition) is 4. The van der Waals surface area contributed by atoms with E-state index in [-0.39, 0.29) is 11.9 Å². The van der Waals surface area contributed by atoms with Crippen molar-refractivity contribution in [2.24, 2.45) is 0 Å². The molecule has 1 aromatic carbocycles. The Balaban J connectivity index is 1.62. The molecule has 1 saturated heterocycles. The van der Waals surface area contributed by atoms with Gasteiger partial charge in [0.25, 0.3) is 5.91 Å². The molecule has 0 bridgehead atoms. The summed E-state index contributed by atoms with van der Waals surface area (Å²) in [4.78, 5) is 19.4. The third-order valence-corrected chi connectivity index (χ3v) is 5.28. The van der Waals surface area contributed by atoms with E-state index in [0.717, 1.165) is 47.7 Å². The molecule has 0 radical (unpaired) electrons. The Labute approximate surface area is 139 Å². The van der Waals surface area contributed by atoms with Crippen LogP contribution in [0.5, 0.6) is 5.75 Å². The monoisotopic (exact) mass is 326 g/mol. The molecule has 118 valence electrons. The van der Waals surface area contributed by atoms with Crippen LogP contribution in [0.15, 0.2) is 41.4 Å². The maximum atomic E-state index is 13.0. The van der Waals surface area contributed by atoms with Crippen LogP contribution in [0.3, 0.4) is 0 Å². The number of amides is 1. The van der Waals surface area contributed by atoms with Crippen LogP contribution in [-0.2, 0) is 4.79 Å². The summed E-state index contributed by atoms with van der Waals surface area (Å²) in [6.07, 6.45) is 6.97. The Morgan fingerprint density at radius 3 is 3.09 bits per heavy atom. The van der Waals surface area contributed by atoms with Gasteiger partial charge in [-0.15, -0.1) is 11.3 Å². The Hall–Kier alpha value is -2.14. The van der Waals surface area contributed by atoms with E-state index in [1.807, 2.05) is 46.8 Å². The molecule has 0 unspecified atom stereocenters. The van der Waals surface area contributed by atoms with Gasteiger partial charge in [0, 0.05) is 23.7 Å². The zero-order valence-corrected chi connectivity index (χ0v) is 13.6. The first kappa shape index (κ1) is 14.5. The van der Waals surface area contributed by atoms with Crippen molar-refractivity contribution < 1.29 is 9.53 Å². The Kier molecular flexibility index (Phi) is 3.87. The van der Waals surface area contributed by atoms with Gasteiger partial charge in [0.15, 0.2) is 0 Å². The normalized spacial score (nSPS) is 20.4. The quantitative estimate of drug-likeness (QED) is 0.845. The second kappa shape index (κ2) is 6.16. The van der Waals surface area contributed by atoms with E-state index in [9.17, 15) is 4.79 Å². The summed E-state index contributed by atoms with van der Waals surface area (Å²) in [5, 5.41) is 3.02. The van der Waals surface area contributed by atoms with Gasteiger partial charge < -0.3 is 9.64 Å². The number of hydrogen-bond donors (Lipinski definition) is 0. The van der Waals surface area contributed by atoms with Crippen molar-refractivity contribution in [2.45, 2.75) is 25.3 Å². The average Bonchev–Trinajstić information content (AvgIpc) is 3.15. The number of benzene rings is 1. The lowest BCUT2D eigenvalue weighted by molar-refractivity contribution is -0.131. The number of aromatic nitrogens is 1. The number of ether oxygens (including phenoxy) is 1. The first-order valence-electron chi connectivity index (χ1n) is 7.96. The lowest BCUT2D eigenvalue weighted by Gasteiger charge is -2.35. The molecule has 5 heteroatoms. The highest BCUT2D eigenvalue weighted by Gasteiger charge is 2.32. The van der Waals surface area contributed by atoms with Crippen LogP contribution in [-0.4, -0.2) is 28.9 Å². The van der Waals surface area contributed by atoms with Crippen molar-refractivity contribution in [1.29, 1.82) is 0 Å².